The standard InChI is InChI=1S/C51H52N4O2/c1-8-54(9-2)42-20-12-36(13-21-42)38-16-24-44-40(29-38)18-26-48(56)46(44)31-52-50-33(5)28-34(6)51(35(50)7)53-32-47-45-25-17-39(30-41(45)19-27-49(47)57)37-14-22-43(23-15-37)55(10-3)11-4/h12-32,56-57H,8-11H2,1-7H3. The average molecular weight is 753 g/mol. The zero-order valence-electron chi connectivity index (χ0n) is 34.1. The highest BCUT2D eigenvalue weighted by Crippen LogP contribution is 2.38. The van der Waals surface area contributed by atoms with Gasteiger partial charge in [-0.05, 0) is 152 Å². The van der Waals surface area contributed by atoms with Crippen LogP contribution in [0.25, 0.3) is 43.8 Å². The molecule has 0 fully saturated rings. The van der Waals surface area contributed by atoms with Crippen molar-refractivity contribution in [3.05, 3.63) is 143 Å². The number of rotatable bonds is 12. The first-order valence-electron chi connectivity index (χ1n) is 20.0. The van der Waals surface area contributed by atoms with Crippen LogP contribution in [0.3, 0.4) is 0 Å². The molecule has 0 spiro atoms. The van der Waals surface area contributed by atoms with Gasteiger partial charge in [0.2, 0.25) is 0 Å². The molecule has 7 aromatic rings. The van der Waals surface area contributed by atoms with Crippen molar-refractivity contribution in [3.8, 4) is 33.8 Å². The van der Waals surface area contributed by atoms with Crippen LogP contribution in [0.1, 0.15) is 55.5 Å². The summed E-state index contributed by atoms with van der Waals surface area (Å²) in [6.45, 7) is 18.7. The zero-order chi connectivity index (χ0) is 40.2. The van der Waals surface area contributed by atoms with E-state index in [1.807, 2.05) is 32.9 Å². The molecule has 6 heteroatoms. The molecule has 0 saturated heterocycles. The van der Waals surface area contributed by atoms with E-state index in [-0.39, 0.29) is 11.5 Å². The molecular weight excluding hydrogens is 701 g/mol. The highest BCUT2D eigenvalue weighted by Gasteiger charge is 2.14. The Morgan fingerprint density at radius 1 is 0.456 bits per heavy atom. The van der Waals surface area contributed by atoms with Gasteiger partial charge in [0.15, 0.2) is 0 Å². The average Bonchev–Trinajstić information content (AvgIpc) is 3.23. The van der Waals surface area contributed by atoms with E-state index in [1.165, 1.54) is 11.4 Å². The highest BCUT2D eigenvalue weighted by molar-refractivity contribution is 6.06. The number of fused-ring (bicyclic) bond motifs is 2. The maximum absolute atomic E-state index is 11.0. The summed E-state index contributed by atoms with van der Waals surface area (Å²) in [5.41, 5.74) is 12.9. The number of aryl methyl sites for hydroxylation is 2. The molecule has 0 heterocycles. The molecule has 0 radical (unpaired) electrons. The van der Waals surface area contributed by atoms with Gasteiger partial charge in [-0.2, -0.15) is 0 Å². The Morgan fingerprint density at radius 3 is 1.19 bits per heavy atom. The van der Waals surface area contributed by atoms with Crippen LogP contribution >= 0.6 is 0 Å². The molecule has 7 aromatic carbocycles. The second-order valence-corrected chi connectivity index (χ2v) is 14.7. The van der Waals surface area contributed by atoms with Crippen LogP contribution < -0.4 is 9.80 Å². The van der Waals surface area contributed by atoms with Gasteiger partial charge >= 0.3 is 0 Å². The fourth-order valence-corrected chi connectivity index (χ4v) is 8.04. The van der Waals surface area contributed by atoms with Crippen LogP contribution in [0.15, 0.2) is 125 Å². The van der Waals surface area contributed by atoms with E-state index >= 15 is 0 Å². The van der Waals surface area contributed by atoms with Gasteiger partial charge in [-0.25, -0.2) is 0 Å². The normalized spacial score (nSPS) is 11.7. The molecule has 0 bridgehead atoms. The van der Waals surface area contributed by atoms with Crippen LogP contribution in [0.4, 0.5) is 22.7 Å². The fourth-order valence-electron chi connectivity index (χ4n) is 8.04. The van der Waals surface area contributed by atoms with Crippen LogP contribution in [-0.2, 0) is 0 Å². The van der Waals surface area contributed by atoms with Crippen molar-refractivity contribution in [3.63, 3.8) is 0 Å². The summed E-state index contributed by atoms with van der Waals surface area (Å²) in [7, 11) is 0. The number of aliphatic imine (C=N–C) groups is 2. The third-order valence-corrected chi connectivity index (χ3v) is 11.3. The van der Waals surface area contributed by atoms with Gasteiger partial charge in [-0.1, -0.05) is 66.7 Å². The molecule has 0 unspecified atom stereocenters. The maximum Gasteiger partial charge on any atom is 0.124 e. The lowest BCUT2D eigenvalue weighted by atomic mass is 9.97. The molecule has 7 rings (SSSR count). The Hall–Kier alpha value is -6.40. The SMILES string of the molecule is CCN(CC)c1ccc(-c2ccc3c(C=Nc4c(C)cc(C)c(N=Cc5c(O)ccc6cc(-c7ccc(N(CC)CC)cc7)ccc56)c4C)c(O)ccc3c2)cc1. The van der Waals surface area contributed by atoms with Gasteiger partial charge in [0.05, 0.1) is 11.4 Å². The number of hydrogen-bond donors (Lipinski definition) is 2. The molecule has 0 saturated carbocycles. The summed E-state index contributed by atoms with van der Waals surface area (Å²) < 4.78 is 0. The summed E-state index contributed by atoms with van der Waals surface area (Å²) in [5, 5.41) is 26.0. The number of hydrogen-bond acceptors (Lipinski definition) is 6. The van der Waals surface area contributed by atoms with Gasteiger partial charge in [0, 0.05) is 66.7 Å². The summed E-state index contributed by atoms with van der Waals surface area (Å²) in [5.74, 6) is 0.351. The molecule has 0 aliphatic rings. The van der Waals surface area contributed by atoms with E-state index in [4.69, 9.17) is 9.98 Å². The minimum atomic E-state index is 0.175. The Balaban J connectivity index is 1.18. The lowest BCUT2D eigenvalue weighted by Gasteiger charge is -2.21. The lowest BCUT2D eigenvalue weighted by Crippen LogP contribution is -2.21. The minimum Gasteiger partial charge on any atom is -0.507 e. The van der Waals surface area contributed by atoms with Gasteiger partial charge in [0.1, 0.15) is 11.5 Å². The van der Waals surface area contributed by atoms with Gasteiger partial charge < -0.3 is 20.0 Å². The minimum absolute atomic E-state index is 0.175. The van der Waals surface area contributed by atoms with E-state index in [0.717, 1.165) is 98.0 Å². The molecule has 57 heavy (non-hydrogen) atoms. The van der Waals surface area contributed by atoms with Crippen molar-refractivity contribution in [1.82, 2.24) is 0 Å². The van der Waals surface area contributed by atoms with Crippen molar-refractivity contribution >= 4 is 56.7 Å². The Labute approximate surface area is 337 Å². The van der Waals surface area contributed by atoms with Crippen molar-refractivity contribution in [2.45, 2.75) is 48.5 Å². The molecule has 0 aliphatic heterocycles. The van der Waals surface area contributed by atoms with Crippen molar-refractivity contribution in [2.24, 2.45) is 9.98 Å². The molecule has 0 amide bonds. The van der Waals surface area contributed by atoms with Crippen molar-refractivity contribution in [2.75, 3.05) is 36.0 Å². The predicted octanol–water partition coefficient (Wildman–Crippen LogP) is 12.9. The summed E-state index contributed by atoms with van der Waals surface area (Å²) in [6.07, 6.45) is 3.53. The van der Waals surface area contributed by atoms with Gasteiger partial charge in [-0.15, -0.1) is 0 Å². The number of aromatic hydroxyl groups is 2. The smallest absolute Gasteiger partial charge is 0.124 e. The van der Waals surface area contributed by atoms with Crippen LogP contribution in [0, 0.1) is 20.8 Å². The second kappa shape index (κ2) is 16.8. The first-order valence-corrected chi connectivity index (χ1v) is 20.0. The topological polar surface area (TPSA) is 71.7 Å². The molecule has 0 aliphatic carbocycles. The second-order valence-electron chi connectivity index (χ2n) is 14.7. The molecule has 6 nitrogen and oxygen atoms in total. The third-order valence-electron chi connectivity index (χ3n) is 11.3. The molecule has 0 aromatic heterocycles. The van der Waals surface area contributed by atoms with Crippen LogP contribution in [0.2, 0.25) is 0 Å². The largest absolute Gasteiger partial charge is 0.507 e. The number of benzene rings is 7. The maximum atomic E-state index is 11.0. The van der Waals surface area contributed by atoms with Crippen LogP contribution in [0.5, 0.6) is 11.5 Å². The Bertz CT molecular complexity index is 2440. The molecule has 2 N–H and O–H groups in total. The number of nitrogens with zero attached hydrogens (tertiary/aromatic N) is 4. The van der Waals surface area contributed by atoms with Crippen molar-refractivity contribution in [1.29, 1.82) is 0 Å². The molecule has 0 atom stereocenters. The Morgan fingerprint density at radius 2 is 0.825 bits per heavy atom. The van der Waals surface area contributed by atoms with E-state index in [9.17, 15) is 10.2 Å². The highest BCUT2D eigenvalue weighted by atomic mass is 16.3. The van der Waals surface area contributed by atoms with Gasteiger partial charge in [0.25, 0.3) is 0 Å². The first-order chi connectivity index (χ1) is 27.6. The number of phenols is 2. The van der Waals surface area contributed by atoms with E-state index in [1.54, 1.807) is 24.6 Å². The fraction of sp³-hybridized carbons (Fsp3) is 0.216. The number of anilines is 2. The number of phenolic OH excluding ortho intramolecular Hbond substituents is 2. The van der Waals surface area contributed by atoms with Gasteiger partial charge in [-0.3, -0.25) is 9.98 Å². The predicted molar refractivity (Wildman–Crippen MR) is 244 cm³/mol. The van der Waals surface area contributed by atoms with E-state index in [2.05, 4.69) is 128 Å². The quantitative estimate of drug-likeness (QED) is 0.122. The molecule has 288 valence electrons. The Kier molecular flexibility index (Phi) is 11.4. The van der Waals surface area contributed by atoms with Crippen LogP contribution in [-0.4, -0.2) is 48.8 Å². The van der Waals surface area contributed by atoms with Crippen molar-refractivity contribution < 1.29 is 10.2 Å². The summed E-state index contributed by atoms with van der Waals surface area (Å²) >= 11 is 0. The van der Waals surface area contributed by atoms with E-state index < -0.39 is 0 Å². The molecular formula is C51H52N4O2. The first kappa shape index (κ1) is 38.9. The van der Waals surface area contributed by atoms with E-state index in [0.29, 0.717) is 11.1 Å². The zero-order valence-corrected chi connectivity index (χ0v) is 34.1. The lowest BCUT2D eigenvalue weighted by molar-refractivity contribution is 0.475. The monoisotopic (exact) mass is 752 g/mol. The third kappa shape index (κ3) is 7.86. The summed E-state index contributed by atoms with van der Waals surface area (Å²) in [4.78, 5) is 14.6. The summed E-state index contributed by atoms with van der Waals surface area (Å²) in [6, 6.07) is 39.6.